The molecule has 0 saturated heterocycles. The predicted octanol–water partition coefficient (Wildman–Crippen LogP) is 5.37. The van der Waals surface area contributed by atoms with Crippen LogP contribution in [-0.2, 0) is 0 Å². The van der Waals surface area contributed by atoms with Gasteiger partial charge in [-0.1, -0.05) is 38.8 Å². The monoisotopic (exact) mass is 344 g/mol. The quantitative estimate of drug-likeness (QED) is 0.745. The van der Waals surface area contributed by atoms with Crippen LogP contribution in [0, 0.1) is 17.8 Å². The molecule has 3 unspecified atom stereocenters. The van der Waals surface area contributed by atoms with Crippen LogP contribution in [0.15, 0.2) is 16.7 Å². The van der Waals surface area contributed by atoms with E-state index in [1.165, 1.54) is 19.3 Å². The molecule has 2 rings (SSSR count). The lowest BCUT2D eigenvalue weighted by Gasteiger charge is -2.38. The summed E-state index contributed by atoms with van der Waals surface area (Å²) in [5.41, 5.74) is 0.945. The van der Waals surface area contributed by atoms with Crippen molar-refractivity contribution < 1.29 is 0 Å². The summed E-state index contributed by atoms with van der Waals surface area (Å²) in [7, 11) is 0. The lowest BCUT2D eigenvalue weighted by Crippen LogP contribution is -2.37. The van der Waals surface area contributed by atoms with Gasteiger partial charge in [0, 0.05) is 16.7 Å². The summed E-state index contributed by atoms with van der Waals surface area (Å²) in [5.74, 6) is 2.20. The minimum Gasteiger partial charge on any atom is -0.379 e. The van der Waals surface area contributed by atoms with E-state index in [1.54, 1.807) is 6.20 Å². The fraction of sp³-hybridized carbons (Fsp3) is 0.667. The molecule has 0 spiro atoms. The molecule has 1 aromatic rings. The molecule has 1 saturated carbocycles. The lowest BCUT2D eigenvalue weighted by atomic mass is 9.74. The Bertz CT molecular complexity index is 436. The van der Waals surface area contributed by atoms with Crippen molar-refractivity contribution in [1.29, 1.82) is 0 Å². The van der Waals surface area contributed by atoms with Gasteiger partial charge in [-0.3, -0.25) is 0 Å². The first-order chi connectivity index (χ1) is 8.97. The molecule has 2 nitrogen and oxygen atoms in total. The molecule has 1 aromatic heterocycles. The van der Waals surface area contributed by atoms with Gasteiger partial charge in [0.1, 0.15) is 0 Å². The van der Waals surface area contributed by atoms with Crippen LogP contribution in [0.4, 0.5) is 5.69 Å². The van der Waals surface area contributed by atoms with Crippen LogP contribution in [0.25, 0.3) is 0 Å². The van der Waals surface area contributed by atoms with Gasteiger partial charge in [0.15, 0.2) is 5.15 Å². The minimum absolute atomic E-state index is 0.498. The van der Waals surface area contributed by atoms with Crippen molar-refractivity contribution in [3.05, 3.63) is 21.9 Å². The Labute approximate surface area is 129 Å². The molecule has 1 aliphatic rings. The number of rotatable bonds is 3. The molecule has 1 heterocycles. The third kappa shape index (κ3) is 3.85. The summed E-state index contributed by atoms with van der Waals surface area (Å²) >= 11 is 9.64. The average molecular weight is 346 g/mol. The molecule has 106 valence electrons. The molecule has 1 N–H and O–H groups in total. The molecular formula is C15H22BrClN2. The van der Waals surface area contributed by atoms with Crippen molar-refractivity contribution in [2.45, 2.75) is 46.1 Å². The number of anilines is 1. The van der Waals surface area contributed by atoms with E-state index < -0.39 is 0 Å². The van der Waals surface area contributed by atoms with E-state index in [0.717, 1.165) is 16.1 Å². The SMILES string of the molecule is CC1CCC(C(C)C)C(Nc2cc(Br)cnc2Cl)C1. The van der Waals surface area contributed by atoms with Crippen LogP contribution in [0.2, 0.25) is 5.15 Å². The maximum absolute atomic E-state index is 6.18. The Balaban J connectivity index is 2.16. The fourth-order valence-electron chi connectivity index (χ4n) is 3.09. The second-order valence-electron chi connectivity index (χ2n) is 6.07. The number of nitrogens with one attached hydrogen (secondary N) is 1. The molecule has 19 heavy (non-hydrogen) atoms. The van der Waals surface area contributed by atoms with Gasteiger partial charge in [-0.2, -0.15) is 0 Å². The normalized spacial score (nSPS) is 27.6. The lowest BCUT2D eigenvalue weighted by molar-refractivity contribution is 0.212. The maximum atomic E-state index is 6.18. The van der Waals surface area contributed by atoms with Crippen molar-refractivity contribution in [2.24, 2.45) is 17.8 Å². The topological polar surface area (TPSA) is 24.9 Å². The molecule has 1 aliphatic carbocycles. The van der Waals surface area contributed by atoms with Crippen LogP contribution in [0.1, 0.15) is 40.0 Å². The molecule has 0 aliphatic heterocycles. The molecular weight excluding hydrogens is 324 g/mol. The highest BCUT2D eigenvalue weighted by molar-refractivity contribution is 9.10. The van der Waals surface area contributed by atoms with Crippen LogP contribution in [0.5, 0.6) is 0 Å². The van der Waals surface area contributed by atoms with Gasteiger partial charge in [-0.15, -0.1) is 0 Å². The third-order valence-electron chi connectivity index (χ3n) is 4.17. The fourth-order valence-corrected chi connectivity index (χ4v) is 3.58. The van der Waals surface area contributed by atoms with E-state index in [4.69, 9.17) is 11.6 Å². The second-order valence-corrected chi connectivity index (χ2v) is 7.34. The zero-order chi connectivity index (χ0) is 14.0. The molecule has 3 atom stereocenters. The Hall–Kier alpha value is -0.280. The Kier molecular flexibility index (Phi) is 5.13. The number of nitrogens with zero attached hydrogens (tertiary/aromatic N) is 1. The van der Waals surface area contributed by atoms with Crippen LogP contribution in [0.3, 0.4) is 0 Å². The highest BCUT2D eigenvalue weighted by atomic mass is 79.9. The van der Waals surface area contributed by atoms with Crippen molar-refractivity contribution in [1.82, 2.24) is 4.98 Å². The summed E-state index contributed by atoms with van der Waals surface area (Å²) < 4.78 is 0.962. The van der Waals surface area contributed by atoms with Gasteiger partial charge in [0.2, 0.25) is 0 Å². The summed E-state index contributed by atoms with van der Waals surface area (Å²) in [6.07, 6.45) is 5.59. The molecule has 0 amide bonds. The standard InChI is InChI=1S/C15H22BrClN2/c1-9(2)12-5-4-10(3)6-13(12)19-14-7-11(16)8-18-15(14)17/h7-10,12-13,19H,4-6H2,1-3H3. The molecule has 0 radical (unpaired) electrons. The largest absolute Gasteiger partial charge is 0.379 e. The maximum Gasteiger partial charge on any atom is 0.152 e. The first kappa shape index (κ1) is 15.1. The second kappa shape index (κ2) is 6.45. The summed E-state index contributed by atoms with van der Waals surface area (Å²) in [5, 5.41) is 4.19. The molecule has 0 aromatic carbocycles. The van der Waals surface area contributed by atoms with Crippen molar-refractivity contribution >= 4 is 33.2 Å². The summed E-state index contributed by atoms with van der Waals surface area (Å²) in [6, 6.07) is 2.52. The first-order valence-electron chi connectivity index (χ1n) is 7.05. The van der Waals surface area contributed by atoms with E-state index in [9.17, 15) is 0 Å². The zero-order valence-electron chi connectivity index (χ0n) is 11.8. The minimum atomic E-state index is 0.498. The number of aromatic nitrogens is 1. The van der Waals surface area contributed by atoms with Gasteiger partial charge in [0.05, 0.1) is 5.69 Å². The Morgan fingerprint density at radius 1 is 1.42 bits per heavy atom. The number of hydrogen-bond acceptors (Lipinski definition) is 2. The average Bonchev–Trinajstić information content (AvgIpc) is 2.33. The Morgan fingerprint density at radius 3 is 2.84 bits per heavy atom. The Morgan fingerprint density at radius 2 is 2.16 bits per heavy atom. The van der Waals surface area contributed by atoms with Crippen molar-refractivity contribution in [2.75, 3.05) is 5.32 Å². The van der Waals surface area contributed by atoms with E-state index in [2.05, 4.69) is 47.0 Å². The van der Waals surface area contributed by atoms with Gasteiger partial charge in [-0.25, -0.2) is 4.98 Å². The van der Waals surface area contributed by atoms with E-state index in [0.29, 0.717) is 23.0 Å². The number of hydrogen-bond donors (Lipinski definition) is 1. The van der Waals surface area contributed by atoms with E-state index in [-0.39, 0.29) is 0 Å². The molecule has 0 bridgehead atoms. The van der Waals surface area contributed by atoms with Crippen LogP contribution >= 0.6 is 27.5 Å². The highest BCUT2D eigenvalue weighted by Gasteiger charge is 2.30. The zero-order valence-corrected chi connectivity index (χ0v) is 14.1. The van der Waals surface area contributed by atoms with Crippen LogP contribution < -0.4 is 5.32 Å². The van der Waals surface area contributed by atoms with Crippen LogP contribution in [-0.4, -0.2) is 11.0 Å². The van der Waals surface area contributed by atoms with Gasteiger partial charge >= 0.3 is 0 Å². The summed E-state index contributed by atoms with van der Waals surface area (Å²) in [4.78, 5) is 4.19. The smallest absolute Gasteiger partial charge is 0.152 e. The molecule has 4 heteroatoms. The van der Waals surface area contributed by atoms with Gasteiger partial charge in [-0.05, 0) is 52.6 Å². The van der Waals surface area contributed by atoms with E-state index in [1.807, 2.05) is 6.07 Å². The van der Waals surface area contributed by atoms with Gasteiger partial charge in [0.25, 0.3) is 0 Å². The summed E-state index contributed by atoms with van der Waals surface area (Å²) in [6.45, 7) is 6.97. The number of pyridine rings is 1. The molecule has 1 fully saturated rings. The predicted molar refractivity (Wildman–Crippen MR) is 85.7 cm³/mol. The van der Waals surface area contributed by atoms with Gasteiger partial charge < -0.3 is 5.32 Å². The third-order valence-corrected chi connectivity index (χ3v) is 4.90. The van der Waals surface area contributed by atoms with Crippen molar-refractivity contribution in [3.63, 3.8) is 0 Å². The van der Waals surface area contributed by atoms with Crippen molar-refractivity contribution in [3.8, 4) is 0 Å². The van der Waals surface area contributed by atoms with E-state index >= 15 is 0 Å². The highest BCUT2D eigenvalue weighted by Crippen LogP contribution is 2.36. The number of halogens is 2. The first-order valence-corrected chi connectivity index (χ1v) is 8.22.